The Hall–Kier alpha value is -5.53. The molecule has 0 radical (unpaired) electrons. The summed E-state index contributed by atoms with van der Waals surface area (Å²) in [5, 5.41) is 7.54. The molecule has 1 heterocycles. The fourth-order valence-electron chi connectivity index (χ4n) is 6.49. The van der Waals surface area contributed by atoms with Gasteiger partial charge in [-0.15, -0.1) is 0 Å². The van der Waals surface area contributed by atoms with Gasteiger partial charge < -0.3 is 0 Å². The van der Waals surface area contributed by atoms with E-state index in [9.17, 15) is 0 Å². The fourth-order valence-corrected chi connectivity index (χ4v) is 6.49. The minimum absolute atomic E-state index is 0.981. The monoisotopic (exact) mass is 533 g/mol. The Kier molecular flexibility index (Phi) is 5.86. The number of hydrogen-bond acceptors (Lipinski definition) is 1. The summed E-state index contributed by atoms with van der Waals surface area (Å²) < 4.78 is 0. The van der Waals surface area contributed by atoms with Crippen LogP contribution in [0.15, 0.2) is 164 Å². The second kappa shape index (κ2) is 10.1. The van der Waals surface area contributed by atoms with Crippen molar-refractivity contribution >= 4 is 32.3 Å². The molecule has 0 aliphatic rings. The predicted octanol–water partition coefficient (Wildman–Crippen LogP) is 11.2. The summed E-state index contributed by atoms with van der Waals surface area (Å²) in [5.74, 6) is 0. The molecule has 0 saturated carbocycles. The Balaban J connectivity index is 1.44. The van der Waals surface area contributed by atoms with Crippen LogP contribution in [0.2, 0.25) is 0 Å². The quantitative estimate of drug-likeness (QED) is 0.205. The summed E-state index contributed by atoms with van der Waals surface area (Å²) in [4.78, 5) is 4.62. The van der Waals surface area contributed by atoms with Gasteiger partial charge in [-0.3, -0.25) is 4.98 Å². The van der Waals surface area contributed by atoms with Crippen molar-refractivity contribution in [2.24, 2.45) is 0 Å². The zero-order chi connectivity index (χ0) is 27.9. The lowest BCUT2D eigenvalue weighted by molar-refractivity contribution is 1.33. The van der Waals surface area contributed by atoms with E-state index in [4.69, 9.17) is 0 Å². The van der Waals surface area contributed by atoms with Crippen molar-refractivity contribution in [2.45, 2.75) is 0 Å². The van der Waals surface area contributed by atoms with Crippen LogP contribution in [0.1, 0.15) is 0 Å². The van der Waals surface area contributed by atoms with Crippen LogP contribution in [-0.4, -0.2) is 4.98 Å². The number of hydrogen-bond donors (Lipinski definition) is 0. The second-order valence-electron chi connectivity index (χ2n) is 10.7. The lowest BCUT2D eigenvalue weighted by atomic mass is 9.84. The highest BCUT2D eigenvalue weighted by atomic mass is 14.7. The van der Waals surface area contributed by atoms with Crippen LogP contribution >= 0.6 is 0 Å². The molecule has 196 valence electrons. The average molecular weight is 534 g/mol. The van der Waals surface area contributed by atoms with Crippen LogP contribution in [-0.2, 0) is 0 Å². The molecular weight excluding hydrogens is 506 g/mol. The van der Waals surface area contributed by atoms with E-state index < -0.39 is 0 Å². The largest absolute Gasteiger partial charge is 0.256 e. The maximum absolute atomic E-state index is 4.62. The molecule has 1 aromatic heterocycles. The number of rotatable bonds is 4. The molecule has 8 rings (SSSR count). The van der Waals surface area contributed by atoms with Crippen molar-refractivity contribution < 1.29 is 0 Å². The Morgan fingerprint density at radius 1 is 0.310 bits per heavy atom. The van der Waals surface area contributed by atoms with Crippen molar-refractivity contribution in [1.29, 1.82) is 0 Å². The molecular formula is C41H27N. The van der Waals surface area contributed by atoms with Gasteiger partial charge in [0.2, 0.25) is 0 Å². The Bertz CT molecular complexity index is 2170. The molecule has 0 spiro atoms. The van der Waals surface area contributed by atoms with Gasteiger partial charge in [-0.1, -0.05) is 140 Å². The smallest absolute Gasteiger partial charge is 0.0702 e. The molecule has 0 aliphatic heterocycles. The summed E-state index contributed by atoms with van der Waals surface area (Å²) in [5.41, 5.74) is 9.58. The molecule has 8 aromatic rings. The fraction of sp³-hybridized carbons (Fsp3) is 0. The highest BCUT2D eigenvalue weighted by Gasteiger charge is 2.18. The van der Waals surface area contributed by atoms with Gasteiger partial charge in [0.15, 0.2) is 0 Å². The first-order chi connectivity index (χ1) is 20.9. The number of nitrogens with zero attached hydrogens (tertiary/aromatic N) is 1. The molecule has 1 nitrogen and oxygen atoms in total. The van der Waals surface area contributed by atoms with Crippen LogP contribution in [0.25, 0.3) is 77.0 Å². The zero-order valence-electron chi connectivity index (χ0n) is 23.0. The van der Waals surface area contributed by atoms with Gasteiger partial charge in [0.25, 0.3) is 0 Å². The van der Waals surface area contributed by atoms with E-state index in [2.05, 4.69) is 151 Å². The molecule has 7 aromatic carbocycles. The lowest BCUT2D eigenvalue weighted by Crippen LogP contribution is -1.92. The molecule has 1 heteroatoms. The summed E-state index contributed by atoms with van der Waals surface area (Å²) in [6, 6.07) is 56.7. The first kappa shape index (κ1) is 24.3. The van der Waals surface area contributed by atoms with Gasteiger partial charge in [-0.25, -0.2) is 0 Å². The second-order valence-corrected chi connectivity index (χ2v) is 10.7. The maximum atomic E-state index is 4.62. The Labute approximate surface area is 245 Å². The number of benzene rings is 7. The summed E-state index contributed by atoms with van der Waals surface area (Å²) >= 11 is 0. The number of aromatic nitrogens is 1. The third-order valence-electron chi connectivity index (χ3n) is 8.32. The van der Waals surface area contributed by atoms with Gasteiger partial charge in [0, 0.05) is 11.8 Å². The van der Waals surface area contributed by atoms with Crippen molar-refractivity contribution in [3.63, 3.8) is 0 Å². The highest BCUT2D eigenvalue weighted by Crippen LogP contribution is 2.46. The van der Waals surface area contributed by atoms with Gasteiger partial charge in [0.1, 0.15) is 0 Å². The zero-order valence-corrected chi connectivity index (χ0v) is 23.0. The molecule has 0 unspecified atom stereocenters. The minimum Gasteiger partial charge on any atom is -0.256 e. The predicted molar refractivity (Wildman–Crippen MR) is 178 cm³/mol. The molecule has 0 saturated heterocycles. The highest BCUT2D eigenvalue weighted by molar-refractivity contribution is 6.24. The van der Waals surface area contributed by atoms with E-state index in [1.165, 1.54) is 65.7 Å². The lowest BCUT2D eigenvalue weighted by Gasteiger charge is -2.19. The van der Waals surface area contributed by atoms with E-state index in [0.29, 0.717) is 0 Å². The van der Waals surface area contributed by atoms with Crippen LogP contribution in [0.3, 0.4) is 0 Å². The van der Waals surface area contributed by atoms with Crippen LogP contribution in [0.5, 0.6) is 0 Å². The van der Waals surface area contributed by atoms with Crippen molar-refractivity contribution in [1.82, 2.24) is 4.98 Å². The normalized spacial score (nSPS) is 11.3. The topological polar surface area (TPSA) is 12.9 Å². The Morgan fingerprint density at radius 3 is 1.48 bits per heavy atom. The van der Waals surface area contributed by atoms with Gasteiger partial charge in [-0.05, 0) is 83.9 Å². The number of pyridine rings is 1. The minimum atomic E-state index is 0.981. The van der Waals surface area contributed by atoms with Crippen molar-refractivity contribution in [2.75, 3.05) is 0 Å². The summed E-state index contributed by atoms with van der Waals surface area (Å²) in [6.07, 6.45) is 1.86. The third-order valence-corrected chi connectivity index (χ3v) is 8.32. The van der Waals surface area contributed by atoms with E-state index in [-0.39, 0.29) is 0 Å². The van der Waals surface area contributed by atoms with Crippen molar-refractivity contribution in [3.8, 4) is 44.6 Å². The Morgan fingerprint density at radius 2 is 0.810 bits per heavy atom. The van der Waals surface area contributed by atoms with Crippen LogP contribution in [0.4, 0.5) is 0 Å². The molecule has 0 aliphatic carbocycles. The SMILES string of the molecule is c1ccc(-c2cccc3c(-c4c5ccccc5c(-c5cccc(-c6ccccn6)c5)c5ccccc45)cccc23)cc1. The molecule has 0 N–H and O–H groups in total. The van der Waals surface area contributed by atoms with E-state index in [0.717, 1.165) is 11.3 Å². The van der Waals surface area contributed by atoms with Gasteiger partial charge >= 0.3 is 0 Å². The summed E-state index contributed by atoms with van der Waals surface area (Å²) in [7, 11) is 0. The van der Waals surface area contributed by atoms with Gasteiger partial charge in [-0.2, -0.15) is 0 Å². The van der Waals surface area contributed by atoms with E-state index in [1.54, 1.807) is 0 Å². The van der Waals surface area contributed by atoms with Gasteiger partial charge in [0.05, 0.1) is 5.69 Å². The number of fused-ring (bicyclic) bond motifs is 3. The molecule has 0 bridgehead atoms. The van der Waals surface area contributed by atoms with Crippen molar-refractivity contribution in [3.05, 3.63) is 164 Å². The third kappa shape index (κ3) is 3.98. The molecule has 0 amide bonds. The first-order valence-corrected chi connectivity index (χ1v) is 14.4. The van der Waals surface area contributed by atoms with E-state index >= 15 is 0 Å². The standard InChI is InChI=1S/C41H27N/c1-2-13-28(14-3-1)31-21-11-23-33-32(31)22-12-24-34(33)41-37-19-6-4-17-35(37)40(36-18-5-7-20-38(36)41)30-16-10-15-29(27-30)39-25-8-9-26-42-39/h1-27H. The molecule has 0 atom stereocenters. The maximum Gasteiger partial charge on any atom is 0.0702 e. The first-order valence-electron chi connectivity index (χ1n) is 14.4. The van der Waals surface area contributed by atoms with Crippen LogP contribution in [0, 0.1) is 0 Å². The van der Waals surface area contributed by atoms with Crippen LogP contribution < -0.4 is 0 Å². The van der Waals surface area contributed by atoms with E-state index in [1.807, 2.05) is 18.3 Å². The molecule has 42 heavy (non-hydrogen) atoms. The average Bonchev–Trinajstić information content (AvgIpc) is 3.07. The molecule has 0 fully saturated rings. The summed E-state index contributed by atoms with van der Waals surface area (Å²) in [6.45, 7) is 0.